The zero-order valence-corrected chi connectivity index (χ0v) is 16.6. The molecule has 0 fully saturated rings. The highest BCUT2D eigenvalue weighted by molar-refractivity contribution is 7.11. The predicted octanol–water partition coefficient (Wildman–Crippen LogP) is 3.30. The van der Waals surface area contributed by atoms with Gasteiger partial charge in [0.15, 0.2) is 5.96 Å². The summed E-state index contributed by atoms with van der Waals surface area (Å²) in [5.74, 6) is 0.773. The first kappa shape index (κ1) is 19.9. The quantitative estimate of drug-likeness (QED) is 0.514. The Labute approximate surface area is 159 Å². The standard InChI is InChI=1S/C19H27N5OS/c1-5-13(2)18(25)24-16-8-6-7-15(9-16)11-22-19(20-4)23-12-17-21-10-14(3)26-17/h6-10,13H,5,11-12H2,1-4H3,(H,24,25)(H2,20,22,23). The number of carbonyl (C=O) groups is 1. The van der Waals surface area contributed by atoms with Gasteiger partial charge in [-0.15, -0.1) is 11.3 Å². The fourth-order valence-electron chi connectivity index (χ4n) is 2.26. The molecule has 2 aromatic rings. The van der Waals surface area contributed by atoms with Crippen molar-refractivity contribution in [3.05, 3.63) is 45.9 Å². The van der Waals surface area contributed by atoms with Crippen LogP contribution in [0.1, 0.15) is 35.7 Å². The molecule has 0 aliphatic rings. The maximum atomic E-state index is 12.0. The molecular formula is C19H27N5OS. The van der Waals surface area contributed by atoms with Gasteiger partial charge in [0.05, 0.1) is 6.54 Å². The second-order valence-electron chi connectivity index (χ2n) is 6.14. The highest BCUT2D eigenvalue weighted by atomic mass is 32.1. The SMILES string of the molecule is CCC(C)C(=O)Nc1cccc(CNC(=NC)NCc2ncc(C)s2)c1. The Balaban J connectivity index is 1.87. The van der Waals surface area contributed by atoms with Crippen LogP contribution in [0.15, 0.2) is 35.5 Å². The van der Waals surface area contributed by atoms with Crippen molar-refractivity contribution >= 4 is 28.9 Å². The van der Waals surface area contributed by atoms with Crippen LogP contribution in [0.4, 0.5) is 5.69 Å². The van der Waals surface area contributed by atoms with E-state index in [0.29, 0.717) is 19.0 Å². The van der Waals surface area contributed by atoms with Gasteiger partial charge in [-0.1, -0.05) is 26.0 Å². The van der Waals surface area contributed by atoms with E-state index < -0.39 is 0 Å². The summed E-state index contributed by atoms with van der Waals surface area (Å²) >= 11 is 1.67. The van der Waals surface area contributed by atoms with Crippen LogP contribution in [-0.2, 0) is 17.9 Å². The Hall–Kier alpha value is -2.41. The van der Waals surface area contributed by atoms with E-state index in [1.54, 1.807) is 18.4 Å². The normalized spacial score (nSPS) is 12.5. The first-order valence-corrected chi connectivity index (χ1v) is 9.59. The Morgan fingerprint density at radius 2 is 2.08 bits per heavy atom. The molecule has 2 rings (SSSR count). The van der Waals surface area contributed by atoms with Crippen LogP contribution >= 0.6 is 11.3 Å². The maximum absolute atomic E-state index is 12.0. The summed E-state index contributed by atoms with van der Waals surface area (Å²) in [6.07, 6.45) is 2.70. The molecule has 1 unspecified atom stereocenters. The summed E-state index contributed by atoms with van der Waals surface area (Å²) in [5, 5.41) is 10.5. The topological polar surface area (TPSA) is 78.4 Å². The number of nitrogens with one attached hydrogen (secondary N) is 3. The number of hydrogen-bond donors (Lipinski definition) is 3. The van der Waals surface area contributed by atoms with Gasteiger partial charge in [-0.2, -0.15) is 0 Å². The van der Waals surface area contributed by atoms with Gasteiger partial charge in [0.1, 0.15) is 5.01 Å². The summed E-state index contributed by atoms with van der Waals surface area (Å²) in [4.78, 5) is 21.8. The minimum Gasteiger partial charge on any atom is -0.352 e. The van der Waals surface area contributed by atoms with E-state index in [1.165, 1.54) is 4.88 Å². The molecule has 3 N–H and O–H groups in total. The zero-order valence-electron chi connectivity index (χ0n) is 15.8. The summed E-state index contributed by atoms with van der Waals surface area (Å²) in [6.45, 7) is 7.24. The van der Waals surface area contributed by atoms with E-state index in [4.69, 9.17) is 0 Å². The van der Waals surface area contributed by atoms with Crippen LogP contribution in [0.3, 0.4) is 0 Å². The number of guanidine groups is 1. The molecule has 7 heteroatoms. The Bertz CT molecular complexity index is 756. The van der Waals surface area contributed by atoms with E-state index in [1.807, 2.05) is 51.2 Å². The van der Waals surface area contributed by atoms with Crippen molar-refractivity contribution in [3.63, 3.8) is 0 Å². The van der Waals surface area contributed by atoms with Crippen LogP contribution in [0.2, 0.25) is 0 Å². The van der Waals surface area contributed by atoms with Gasteiger partial charge in [0.25, 0.3) is 0 Å². The van der Waals surface area contributed by atoms with E-state index in [0.717, 1.165) is 22.7 Å². The second kappa shape index (κ2) is 9.91. The lowest BCUT2D eigenvalue weighted by atomic mass is 10.1. The average Bonchev–Trinajstić information content (AvgIpc) is 3.06. The molecule has 0 aliphatic heterocycles. The largest absolute Gasteiger partial charge is 0.352 e. The predicted molar refractivity (Wildman–Crippen MR) is 108 cm³/mol. The van der Waals surface area contributed by atoms with Gasteiger partial charge in [0.2, 0.25) is 5.91 Å². The number of hydrogen-bond acceptors (Lipinski definition) is 4. The molecule has 0 aliphatic carbocycles. The molecule has 1 aromatic carbocycles. The summed E-state index contributed by atoms with van der Waals surface area (Å²) < 4.78 is 0. The first-order chi connectivity index (χ1) is 12.5. The van der Waals surface area contributed by atoms with Crippen LogP contribution in [-0.4, -0.2) is 23.9 Å². The zero-order chi connectivity index (χ0) is 18.9. The van der Waals surface area contributed by atoms with Crippen molar-refractivity contribution in [1.29, 1.82) is 0 Å². The van der Waals surface area contributed by atoms with Gasteiger partial charge in [-0.3, -0.25) is 9.79 Å². The molecule has 6 nitrogen and oxygen atoms in total. The van der Waals surface area contributed by atoms with Crippen molar-refractivity contribution in [2.24, 2.45) is 10.9 Å². The molecule has 0 bridgehead atoms. The molecular weight excluding hydrogens is 346 g/mol. The van der Waals surface area contributed by atoms with Crippen LogP contribution < -0.4 is 16.0 Å². The number of carbonyl (C=O) groups excluding carboxylic acids is 1. The minimum atomic E-state index is 0.00862. The average molecular weight is 374 g/mol. The Morgan fingerprint density at radius 3 is 2.73 bits per heavy atom. The molecule has 26 heavy (non-hydrogen) atoms. The monoisotopic (exact) mass is 373 g/mol. The van der Waals surface area contributed by atoms with Gasteiger partial charge in [0, 0.05) is 36.3 Å². The van der Waals surface area contributed by atoms with Crippen molar-refractivity contribution in [3.8, 4) is 0 Å². The van der Waals surface area contributed by atoms with Gasteiger partial charge < -0.3 is 16.0 Å². The molecule has 1 heterocycles. The van der Waals surface area contributed by atoms with Gasteiger partial charge in [-0.25, -0.2) is 4.98 Å². The fourth-order valence-corrected chi connectivity index (χ4v) is 2.99. The third kappa shape index (κ3) is 6.15. The van der Waals surface area contributed by atoms with Crippen LogP contribution in [0.25, 0.3) is 0 Å². The molecule has 0 saturated carbocycles. The van der Waals surface area contributed by atoms with Gasteiger partial charge >= 0.3 is 0 Å². The number of thiazole rings is 1. The third-order valence-electron chi connectivity index (χ3n) is 4.01. The van der Waals surface area contributed by atoms with E-state index in [-0.39, 0.29) is 11.8 Å². The number of anilines is 1. The van der Waals surface area contributed by atoms with Crippen molar-refractivity contribution in [2.75, 3.05) is 12.4 Å². The second-order valence-corrected chi connectivity index (χ2v) is 7.46. The first-order valence-electron chi connectivity index (χ1n) is 8.77. The number of rotatable bonds is 7. The number of aliphatic imine (C=N–C) groups is 1. The van der Waals surface area contributed by atoms with Crippen molar-refractivity contribution < 1.29 is 4.79 Å². The molecule has 1 amide bonds. The van der Waals surface area contributed by atoms with Crippen LogP contribution in [0, 0.1) is 12.8 Å². The number of nitrogens with zero attached hydrogens (tertiary/aromatic N) is 2. The molecule has 140 valence electrons. The highest BCUT2D eigenvalue weighted by Crippen LogP contribution is 2.13. The Morgan fingerprint density at radius 1 is 1.31 bits per heavy atom. The van der Waals surface area contributed by atoms with Crippen LogP contribution in [0.5, 0.6) is 0 Å². The minimum absolute atomic E-state index is 0.00862. The third-order valence-corrected chi connectivity index (χ3v) is 4.93. The molecule has 1 atom stereocenters. The summed E-state index contributed by atoms with van der Waals surface area (Å²) in [7, 11) is 1.74. The lowest BCUT2D eigenvalue weighted by Gasteiger charge is -2.13. The van der Waals surface area contributed by atoms with E-state index in [2.05, 4.69) is 25.9 Å². The van der Waals surface area contributed by atoms with Crippen molar-refractivity contribution in [1.82, 2.24) is 15.6 Å². The number of aryl methyl sites for hydroxylation is 1. The lowest BCUT2D eigenvalue weighted by molar-refractivity contribution is -0.119. The van der Waals surface area contributed by atoms with Gasteiger partial charge in [-0.05, 0) is 31.0 Å². The smallest absolute Gasteiger partial charge is 0.227 e. The fraction of sp³-hybridized carbons (Fsp3) is 0.421. The molecule has 0 spiro atoms. The maximum Gasteiger partial charge on any atom is 0.227 e. The van der Waals surface area contributed by atoms with E-state index >= 15 is 0 Å². The Kier molecular flexibility index (Phi) is 7.59. The summed E-state index contributed by atoms with van der Waals surface area (Å²) in [6, 6.07) is 7.84. The number of amides is 1. The molecule has 0 radical (unpaired) electrons. The van der Waals surface area contributed by atoms with E-state index in [9.17, 15) is 4.79 Å². The molecule has 1 aromatic heterocycles. The highest BCUT2D eigenvalue weighted by Gasteiger charge is 2.10. The van der Waals surface area contributed by atoms with Crippen molar-refractivity contribution in [2.45, 2.75) is 40.3 Å². The summed E-state index contributed by atoms with van der Waals surface area (Å²) in [5.41, 5.74) is 1.89. The number of aromatic nitrogens is 1. The molecule has 0 saturated heterocycles. The number of benzene rings is 1. The lowest BCUT2D eigenvalue weighted by Crippen LogP contribution is -2.36.